The highest BCUT2D eigenvalue weighted by atomic mass is 16.2. The molecule has 2 aliphatic rings. The number of anilines is 1. The zero-order valence-electron chi connectivity index (χ0n) is 14.3. The number of carbonyl (C=O) groups excluding carboxylic acids is 2. The van der Waals surface area contributed by atoms with Gasteiger partial charge in [-0.25, -0.2) is 9.97 Å². The Morgan fingerprint density at radius 1 is 0.917 bits per heavy atom. The summed E-state index contributed by atoms with van der Waals surface area (Å²) in [6.45, 7) is 7.59. The molecule has 0 spiro atoms. The number of nitrogens with zero attached hydrogens (tertiary/aromatic N) is 6. The summed E-state index contributed by atoms with van der Waals surface area (Å²) in [5.41, 5.74) is 0.426. The van der Waals surface area contributed by atoms with E-state index in [2.05, 4.69) is 26.8 Å². The number of carbonyl (C=O) groups is 2. The fourth-order valence-electron chi connectivity index (χ4n) is 3.06. The van der Waals surface area contributed by atoms with Crippen molar-refractivity contribution in [1.29, 1.82) is 0 Å². The van der Waals surface area contributed by atoms with Crippen LogP contribution < -0.4 is 4.90 Å². The van der Waals surface area contributed by atoms with Crippen molar-refractivity contribution in [3.8, 4) is 0 Å². The minimum atomic E-state index is -0.0871. The van der Waals surface area contributed by atoms with Crippen LogP contribution in [0.2, 0.25) is 0 Å². The summed E-state index contributed by atoms with van der Waals surface area (Å²) in [6.07, 6.45) is 1.46. The van der Waals surface area contributed by atoms with Gasteiger partial charge in [-0.05, 0) is 7.05 Å². The van der Waals surface area contributed by atoms with E-state index in [4.69, 9.17) is 0 Å². The van der Waals surface area contributed by atoms with Crippen LogP contribution in [0, 0.1) is 0 Å². The highest BCUT2D eigenvalue weighted by Crippen LogP contribution is 2.15. The fraction of sp³-hybridized carbons (Fsp3) is 0.625. The Bertz CT molecular complexity index is 606. The predicted molar refractivity (Wildman–Crippen MR) is 89.9 cm³/mol. The lowest BCUT2D eigenvalue weighted by Gasteiger charge is -2.34. The van der Waals surface area contributed by atoms with Crippen LogP contribution in [-0.4, -0.2) is 95.9 Å². The van der Waals surface area contributed by atoms with E-state index in [1.807, 2.05) is 0 Å². The Morgan fingerprint density at radius 2 is 1.54 bits per heavy atom. The van der Waals surface area contributed by atoms with Gasteiger partial charge in [0, 0.05) is 65.3 Å². The van der Waals surface area contributed by atoms with E-state index in [-0.39, 0.29) is 11.8 Å². The molecule has 8 nitrogen and oxygen atoms in total. The van der Waals surface area contributed by atoms with Crippen molar-refractivity contribution in [2.24, 2.45) is 0 Å². The molecule has 0 saturated carbocycles. The first-order valence-electron chi connectivity index (χ1n) is 8.35. The number of piperazine rings is 2. The Balaban J connectivity index is 1.65. The third-order valence-corrected chi connectivity index (χ3v) is 4.71. The summed E-state index contributed by atoms with van der Waals surface area (Å²) < 4.78 is 0. The molecule has 0 radical (unpaired) electrons. The van der Waals surface area contributed by atoms with Crippen LogP contribution >= 0.6 is 0 Å². The van der Waals surface area contributed by atoms with E-state index >= 15 is 0 Å². The first kappa shape index (κ1) is 16.6. The molecule has 0 aliphatic carbocycles. The van der Waals surface area contributed by atoms with E-state index in [1.165, 1.54) is 6.33 Å². The summed E-state index contributed by atoms with van der Waals surface area (Å²) in [4.78, 5) is 40.5. The maximum Gasteiger partial charge on any atom is 0.272 e. The lowest BCUT2D eigenvalue weighted by Crippen LogP contribution is -2.50. The molecule has 0 atom stereocenters. The topological polar surface area (TPSA) is 72.9 Å². The minimum absolute atomic E-state index is 0.0569. The number of aromatic nitrogens is 2. The Kier molecular flexibility index (Phi) is 4.94. The van der Waals surface area contributed by atoms with Crippen molar-refractivity contribution in [2.45, 2.75) is 6.92 Å². The molecule has 1 aromatic heterocycles. The SMILES string of the molecule is CC(=O)N1CCN(C(=O)c2cc(N3CCN(C)CC3)ncn2)CC1. The van der Waals surface area contributed by atoms with Gasteiger partial charge in [0.25, 0.3) is 5.91 Å². The summed E-state index contributed by atoms with van der Waals surface area (Å²) >= 11 is 0. The van der Waals surface area contributed by atoms with Gasteiger partial charge >= 0.3 is 0 Å². The summed E-state index contributed by atoms with van der Waals surface area (Å²) in [7, 11) is 2.10. The minimum Gasteiger partial charge on any atom is -0.354 e. The number of hydrogen-bond acceptors (Lipinski definition) is 6. The van der Waals surface area contributed by atoms with E-state index in [0.717, 1.165) is 32.0 Å². The molecule has 2 aliphatic heterocycles. The zero-order chi connectivity index (χ0) is 17.1. The van der Waals surface area contributed by atoms with Gasteiger partial charge in [0.2, 0.25) is 5.91 Å². The Labute approximate surface area is 142 Å². The highest BCUT2D eigenvalue weighted by molar-refractivity contribution is 5.93. The van der Waals surface area contributed by atoms with E-state index in [0.29, 0.717) is 31.9 Å². The molecule has 3 rings (SSSR count). The highest BCUT2D eigenvalue weighted by Gasteiger charge is 2.25. The van der Waals surface area contributed by atoms with Crippen LogP contribution in [0.3, 0.4) is 0 Å². The van der Waals surface area contributed by atoms with Gasteiger partial charge < -0.3 is 19.6 Å². The maximum absolute atomic E-state index is 12.7. The van der Waals surface area contributed by atoms with Gasteiger partial charge in [-0.3, -0.25) is 9.59 Å². The maximum atomic E-state index is 12.7. The number of likely N-dealkylation sites (N-methyl/N-ethyl adjacent to an activating group) is 1. The predicted octanol–water partition coefficient (Wildman–Crippen LogP) is -0.467. The van der Waals surface area contributed by atoms with Crippen molar-refractivity contribution in [3.05, 3.63) is 18.1 Å². The average Bonchev–Trinajstić information content (AvgIpc) is 2.62. The first-order valence-corrected chi connectivity index (χ1v) is 8.35. The second-order valence-electron chi connectivity index (χ2n) is 6.35. The van der Waals surface area contributed by atoms with Crippen molar-refractivity contribution in [2.75, 3.05) is 64.3 Å². The van der Waals surface area contributed by atoms with Crippen LogP contribution in [0.25, 0.3) is 0 Å². The van der Waals surface area contributed by atoms with Crippen molar-refractivity contribution in [1.82, 2.24) is 24.7 Å². The molecule has 0 bridgehead atoms. The zero-order valence-corrected chi connectivity index (χ0v) is 14.3. The first-order chi connectivity index (χ1) is 11.5. The summed E-state index contributed by atoms with van der Waals surface area (Å²) in [5.74, 6) is 0.779. The Hall–Kier alpha value is -2.22. The average molecular weight is 332 g/mol. The van der Waals surface area contributed by atoms with Gasteiger partial charge in [-0.2, -0.15) is 0 Å². The van der Waals surface area contributed by atoms with E-state index < -0.39 is 0 Å². The largest absolute Gasteiger partial charge is 0.354 e. The van der Waals surface area contributed by atoms with Gasteiger partial charge in [0.15, 0.2) is 0 Å². The Morgan fingerprint density at radius 3 is 2.17 bits per heavy atom. The molecule has 2 saturated heterocycles. The molecular weight excluding hydrogens is 308 g/mol. The third-order valence-electron chi connectivity index (χ3n) is 4.71. The van der Waals surface area contributed by atoms with Gasteiger partial charge in [-0.1, -0.05) is 0 Å². The smallest absolute Gasteiger partial charge is 0.272 e. The molecule has 130 valence electrons. The summed E-state index contributed by atoms with van der Waals surface area (Å²) in [6, 6.07) is 1.78. The van der Waals surface area contributed by atoms with Crippen LogP contribution in [0.4, 0.5) is 5.82 Å². The molecule has 2 fully saturated rings. The normalized spacial score (nSPS) is 19.5. The van der Waals surface area contributed by atoms with Crippen LogP contribution in [0.5, 0.6) is 0 Å². The lowest BCUT2D eigenvalue weighted by atomic mass is 10.2. The monoisotopic (exact) mass is 332 g/mol. The fourth-order valence-corrected chi connectivity index (χ4v) is 3.06. The van der Waals surface area contributed by atoms with Gasteiger partial charge in [-0.15, -0.1) is 0 Å². The molecule has 3 heterocycles. The standard InChI is InChI=1S/C16H24N6O2/c1-13(23)20-7-9-22(10-8-20)16(24)14-11-15(18-12-17-14)21-5-3-19(2)4-6-21/h11-12H,3-10H2,1-2H3. The number of rotatable bonds is 2. The van der Waals surface area contributed by atoms with Crippen molar-refractivity contribution in [3.63, 3.8) is 0 Å². The number of amides is 2. The van der Waals surface area contributed by atoms with Gasteiger partial charge in [0.05, 0.1) is 0 Å². The second-order valence-corrected chi connectivity index (χ2v) is 6.35. The van der Waals surface area contributed by atoms with Crippen LogP contribution in [0.1, 0.15) is 17.4 Å². The van der Waals surface area contributed by atoms with Gasteiger partial charge in [0.1, 0.15) is 17.8 Å². The third kappa shape index (κ3) is 3.64. The molecule has 1 aromatic rings. The molecule has 0 aromatic carbocycles. The van der Waals surface area contributed by atoms with Crippen LogP contribution in [0.15, 0.2) is 12.4 Å². The van der Waals surface area contributed by atoms with Crippen LogP contribution in [-0.2, 0) is 4.79 Å². The van der Waals surface area contributed by atoms with Crippen molar-refractivity contribution >= 4 is 17.6 Å². The molecule has 8 heteroatoms. The lowest BCUT2D eigenvalue weighted by molar-refractivity contribution is -0.130. The quantitative estimate of drug-likeness (QED) is 0.729. The molecular formula is C16H24N6O2. The summed E-state index contributed by atoms with van der Waals surface area (Å²) in [5, 5.41) is 0. The number of hydrogen-bond donors (Lipinski definition) is 0. The van der Waals surface area contributed by atoms with E-state index in [1.54, 1.807) is 22.8 Å². The molecule has 2 amide bonds. The molecule has 24 heavy (non-hydrogen) atoms. The second kappa shape index (κ2) is 7.12. The molecule has 0 unspecified atom stereocenters. The van der Waals surface area contributed by atoms with Crippen molar-refractivity contribution < 1.29 is 9.59 Å². The van der Waals surface area contributed by atoms with E-state index in [9.17, 15) is 9.59 Å². The molecule has 0 N–H and O–H groups in total.